The number of rotatable bonds is 5. The Morgan fingerprint density at radius 1 is 1.20 bits per heavy atom. The Labute approximate surface area is 127 Å². The predicted molar refractivity (Wildman–Crippen MR) is 84.1 cm³/mol. The van der Waals surface area contributed by atoms with E-state index >= 15 is 0 Å². The van der Waals surface area contributed by atoms with Crippen molar-refractivity contribution < 1.29 is 9.47 Å². The fourth-order valence-electron chi connectivity index (χ4n) is 1.84. The molecular formula is C16H18BrNO2. The summed E-state index contributed by atoms with van der Waals surface area (Å²) in [6.07, 6.45) is 0. The minimum Gasteiger partial charge on any atom is -0.497 e. The Bertz CT molecular complexity index is 584. The van der Waals surface area contributed by atoms with Crippen LogP contribution in [0.4, 0.5) is 0 Å². The lowest BCUT2D eigenvalue weighted by Crippen LogP contribution is -2.05. The lowest BCUT2D eigenvalue weighted by molar-refractivity contribution is 0.303. The van der Waals surface area contributed by atoms with Crippen LogP contribution in [0.25, 0.3) is 0 Å². The van der Waals surface area contributed by atoms with E-state index in [9.17, 15) is 0 Å². The molecule has 4 heteroatoms. The lowest BCUT2D eigenvalue weighted by Gasteiger charge is -2.12. The first kappa shape index (κ1) is 14.9. The number of hydrogen-bond acceptors (Lipinski definition) is 3. The zero-order valence-corrected chi connectivity index (χ0v) is 13.2. The highest BCUT2D eigenvalue weighted by Gasteiger charge is 2.06. The normalized spacial score (nSPS) is 12.0. The van der Waals surface area contributed by atoms with Crippen LogP contribution in [0.15, 0.2) is 46.9 Å². The summed E-state index contributed by atoms with van der Waals surface area (Å²) in [4.78, 5) is 0. The van der Waals surface area contributed by atoms with Crippen molar-refractivity contribution in [3.8, 4) is 11.5 Å². The number of hydrogen-bond donors (Lipinski definition) is 1. The Morgan fingerprint density at radius 3 is 2.65 bits per heavy atom. The standard InChI is InChI=1S/C16H18BrNO2/c1-11(18)13-6-7-16(15(17)9-13)20-10-12-4-3-5-14(8-12)19-2/h3-9,11H,10,18H2,1-2H3/t11-/m0/s1. The number of nitrogens with two attached hydrogens (primary N) is 1. The fourth-order valence-corrected chi connectivity index (χ4v) is 2.35. The minimum atomic E-state index is 0.0127. The quantitative estimate of drug-likeness (QED) is 0.896. The van der Waals surface area contributed by atoms with Crippen molar-refractivity contribution in [3.63, 3.8) is 0 Å². The largest absolute Gasteiger partial charge is 0.497 e. The van der Waals surface area contributed by atoms with Crippen LogP contribution in [0.5, 0.6) is 11.5 Å². The van der Waals surface area contributed by atoms with Gasteiger partial charge in [0.25, 0.3) is 0 Å². The molecule has 3 nitrogen and oxygen atoms in total. The van der Waals surface area contributed by atoms with Crippen molar-refractivity contribution in [3.05, 3.63) is 58.1 Å². The zero-order valence-electron chi connectivity index (χ0n) is 11.6. The van der Waals surface area contributed by atoms with Gasteiger partial charge in [0.05, 0.1) is 11.6 Å². The number of benzene rings is 2. The van der Waals surface area contributed by atoms with Gasteiger partial charge in [-0.3, -0.25) is 0 Å². The second kappa shape index (κ2) is 6.77. The topological polar surface area (TPSA) is 44.5 Å². The summed E-state index contributed by atoms with van der Waals surface area (Å²) in [5.74, 6) is 1.63. The molecule has 0 radical (unpaired) electrons. The average molecular weight is 336 g/mol. The zero-order chi connectivity index (χ0) is 14.5. The molecule has 2 aromatic rings. The van der Waals surface area contributed by atoms with Gasteiger partial charge in [-0.25, -0.2) is 0 Å². The van der Waals surface area contributed by atoms with E-state index < -0.39 is 0 Å². The maximum Gasteiger partial charge on any atom is 0.134 e. The molecule has 0 amide bonds. The van der Waals surface area contributed by atoms with Gasteiger partial charge in [-0.15, -0.1) is 0 Å². The van der Waals surface area contributed by atoms with Crippen LogP contribution in [-0.2, 0) is 6.61 Å². The third-order valence-corrected chi connectivity index (χ3v) is 3.63. The summed E-state index contributed by atoms with van der Waals surface area (Å²) in [7, 11) is 1.66. The van der Waals surface area contributed by atoms with E-state index in [2.05, 4.69) is 15.9 Å². The van der Waals surface area contributed by atoms with E-state index in [1.807, 2.05) is 49.4 Å². The molecule has 0 fully saturated rings. The van der Waals surface area contributed by atoms with E-state index in [0.717, 1.165) is 27.1 Å². The highest BCUT2D eigenvalue weighted by atomic mass is 79.9. The molecule has 0 saturated heterocycles. The summed E-state index contributed by atoms with van der Waals surface area (Å²) in [5, 5.41) is 0. The molecule has 0 heterocycles. The van der Waals surface area contributed by atoms with Gasteiger partial charge in [-0.2, -0.15) is 0 Å². The van der Waals surface area contributed by atoms with E-state index in [1.54, 1.807) is 7.11 Å². The average Bonchev–Trinajstić information content (AvgIpc) is 2.46. The maximum absolute atomic E-state index is 5.85. The SMILES string of the molecule is COc1cccc(COc2ccc([C@H](C)N)cc2Br)c1. The molecule has 0 saturated carbocycles. The van der Waals surface area contributed by atoms with Gasteiger partial charge in [0, 0.05) is 6.04 Å². The van der Waals surface area contributed by atoms with Gasteiger partial charge < -0.3 is 15.2 Å². The molecule has 0 aliphatic rings. The van der Waals surface area contributed by atoms with Crippen LogP contribution in [0.1, 0.15) is 24.1 Å². The first-order chi connectivity index (χ1) is 9.60. The number of methoxy groups -OCH3 is 1. The third kappa shape index (κ3) is 3.74. The highest BCUT2D eigenvalue weighted by Crippen LogP contribution is 2.28. The van der Waals surface area contributed by atoms with Gasteiger partial charge in [-0.1, -0.05) is 18.2 Å². The van der Waals surface area contributed by atoms with Crippen molar-refractivity contribution in [1.29, 1.82) is 0 Å². The fraction of sp³-hybridized carbons (Fsp3) is 0.250. The molecule has 2 aromatic carbocycles. The van der Waals surface area contributed by atoms with Crippen LogP contribution in [0.3, 0.4) is 0 Å². The van der Waals surface area contributed by atoms with Crippen LogP contribution in [-0.4, -0.2) is 7.11 Å². The van der Waals surface area contributed by atoms with E-state index in [1.165, 1.54) is 0 Å². The van der Waals surface area contributed by atoms with Crippen molar-refractivity contribution in [2.24, 2.45) is 5.73 Å². The minimum absolute atomic E-state index is 0.0127. The van der Waals surface area contributed by atoms with Crippen LogP contribution in [0.2, 0.25) is 0 Å². The summed E-state index contributed by atoms with van der Waals surface area (Å²) in [5.41, 5.74) is 7.99. The van der Waals surface area contributed by atoms with Gasteiger partial charge in [0.15, 0.2) is 0 Å². The molecule has 2 rings (SSSR count). The number of ether oxygens (including phenoxy) is 2. The Morgan fingerprint density at radius 2 is 2.00 bits per heavy atom. The second-order valence-electron chi connectivity index (χ2n) is 4.62. The summed E-state index contributed by atoms with van der Waals surface area (Å²) in [6, 6.07) is 13.8. The smallest absolute Gasteiger partial charge is 0.134 e. The van der Waals surface area contributed by atoms with Crippen LogP contribution < -0.4 is 15.2 Å². The summed E-state index contributed by atoms with van der Waals surface area (Å²) < 4.78 is 11.9. The first-order valence-corrected chi connectivity index (χ1v) is 7.20. The van der Waals surface area contributed by atoms with Crippen LogP contribution in [0, 0.1) is 0 Å². The molecule has 0 aromatic heterocycles. The summed E-state index contributed by atoms with van der Waals surface area (Å²) in [6.45, 7) is 2.45. The monoisotopic (exact) mass is 335 g/mol. The molecule has 20 heavy (non-hydrogen) atoms. The van der Waals surface area contributed by atoms with Gasteiger partial charge >= 0.3 is 0 Å². The Kier molecular flexibility index (Phi) is 5.04. The molecular weight excluding hydrogens is 318 g/mol. The molecule has 106 valence electrons. The first-order valence-electron chi connectivity index (χ1n) is 6.41. The van der Waals surface area contributed by atoms with Crippen molar-refractivity contribution in [1.82, 2.24) is 0 Å². The van der Waals surface area contributed by atoms with Gasteiger partial charge in [0.1, 0.15) is 18.1 Å². The molecule has 0 aliphatic carbocycles. The molecule has 0 unspecified atom stereocenters. The van der Waals surface area contributed by atoms with E-state index in [-0.39, 0.29) is 6.04 Å². The van der Waals surface area contributed by atoms with Crippen molar-refractivity contribution in [2.75, 3.05) is 7.11 Å². The predicted octanol–water partition coefficient (Wildman–Crippen LogP) is 4.06. The Balaban J connectivity index is 2.07. The highest BCUT2D eigenvalue weighted by molar-refractivity contribution is 9.10. The lowest BCUT2D eigenvalue weighted by atomic mass is 10.1. The van der Waals surface area contributed by atoms with Gasteiger partial charge in [0.2, 0.25) is 0 Å². The third-order valence-electron chi connectivity index (χ3n) is 3.01. The maximum atomic E-state index is 5.85. The van der Waals surface area contributed by atoms with Gasteiger partial charge in [-0.05, 0) is 58.2 Å². The number of halogens is 1. The van der Waals surface area contributed by atoms with Crippen LogP contribution >= 0.6 is 15.9 Å². The van der Waals surface area contributed by atoms with Crippen molar-refractivity contribution >= 4 is 15.9 Å². The Hall–Kier alpha value is -1.52. The molecule has 0 bridgehead atoms. The molecule has 2 N–H and O–H groups in total. The summed E-state index contributed by atoms with van der Waals surface area (Å²) >= 11 is 3.51. The molecule has 0 spiro atoms. The van der Waals surface area contributed by atoms with Crippen molar-refractivity contribution in [2.45, 2.75) is 19.6 Å². The van der Waals surface area contributed by atoms with E-state index in [4.69, 9.17) is 15.2 Å². The van der Waals surface area contributed by atoms with E-state index in [0.29, 0.717) is 6.61 Å². The second-order valence-corrected chi connectivity index (χ2v) is 5.47. The molecule has 1 atom stereocenters. The molecule has 0 aliphatic heterocycles.